The van der Waals surface area contributed by atoms with Crippen LogP contribution in [0.3, 0.4) is 0 Å². The molecule has 1 saturated carbocycles. The Morgan fingerprint density at radius 1 is 0.947 bits per heavy atom. The molecule has 2 fully saturated rings. The Morgan fingerprint density at radius 2 is 1.58 bits per heavy atom. The molecule has 110 valence electrons. The summed E-state index contributed by atoms with van der Waals surface area (Å²) < 4.78 is 0. The fourth-order valence-electron chi connectivity index (χ4n) is 3.68. The molecule has 0 aromatic carbocycles. The van der Waals surface area contributed by atoms with Crippen molar-refractivity contribution in [3.63, 3.8) is 0 Å². The van der Waals surface area contributed by atoms with Crippen LogP contribution in [0.4, 0.5) is 0 Å². The van der Waals surface area contributed by atoms with E-state index in [1.165, 1.54) is 38.5 Å². The van der Waals surface area contributed by atoms with Crippen molar-refractivity contribution in [3.05, 3.63) is 0 Å². The van der Waals surface area contributed by atoms with Crippen molar-refractivity contribution in [2.75, 3.05) is 13.2 Å². The number of aliphatic hydroxyl groups excluding tert-OH is 1. The molecule has 0 aromatic heterocycles. The number of carbonyl (C=O) groups excluding carboxylic acids is 1. The van der Waals surface area contributed by atoms with Crippen molar-refractivity contribution < 1.29 is 9.90 Å². The van der Waals surface area contributed by atoms with E-state index < -0.39 is 0 Å². The number of amides is 1. The largest absolute Gasteiger partial charge is 0.396 e. The molecule has 1 aliphatic heterocycles. The summed E-state index contributed by atoms with van der Waals surface area (Å²) in [7, 11) is 0. The number of hydrogen-bond acceptors (Lipinski definition) is 2. The predicted molar refractivity (Wildman–Crippen MR) is 76.9 cm³/mol. The van der Waals surface area contributed by atoms with Gasteiger partial charge in [0.15, 0.2) is 0 Å². The highest BCUT2D eigenvalue weighted by atomic mass is 16.3. The first-order valence-corrected chi connectivity index (χ1v) is 8.24. The number of likely N-dealkylation sites (tertiary alicyclic amines) is 1. The molecule has 0 radical (unpaired) electrons. The van der Waals surface area contributed by atoms with Crippen LogP contribution in [0.5, 0.6) is 0 Å². The van der Waals surface area contributed by atoms with E-state index in [1.54, 1.807) is 0 Å². The van der Waals surface area contributed by atoms with E-state index in [0.29, 0.717) is 11.9 Å². The third-order valence-electron chi connectivity index (χ3n) is 4.83. The van der Waals surface area contributed by atoms with Gasteiger partial charge in [-0.3, -0.25) is 4.79 Å². The van der Waals surface area contributed by atoms with E-state index in [2.05, 4.69) is 4.90 Å². The lowest BCUT2D eigenvalue weighted by molar-refractivity contribution is -0.140. The molecule has 1 unspecified atom stereocenters. The van der Waals surface area contributed by atoms with E-state index in [-0.39, 0.29) is 12.5 Å². The Labute approximate surface area is 117 Å². The maximum absolute atomic E-state index is 12.7. The molecule has 0 aromatic rings. The second-order valence-corrected chi connectivity index (χ2v) is 6.24. The maximum Gasteiger partial charge on any atom is 0.225 e. The lowest BCUT2D eigenvalue weighted by Gasteiger charge is -2.38. The minimum absolute atomic E-state index is 0.207. The third-order valence-corrected chi connectivity index (χ3v) is 4.83. The Morgan fingerprint density at radius 3 is 2.26 bits per heavy atom. The summed E-state index contributed by atoms with van der Waals surface area (Å²) in [6.45, 7) is 1.12. The second kappa shape index (κ2) is 7.88. The van der Waals surface area contributed by atoms with Gasteiger partial charge >= 0.3 is 0 Å². The standard InChI is InChI=1S/C16H29NO2/c18-13-11-15-10-6-7-12-17(15)16(19)14-8-4-2-1-3-5-9-14/h14-15,18H,1-13H2. The number of nitrogens with zero attached hydrogens (tertiary/aromatic N) is 1. The van der Waals surface area contributed by atoms with Gasteiger partial charge in [-0.2, -0.15) is 0 Å². The van der Waals surface area contributed by atoms with Crippen molar-refractivity contribution in [2.24, 2.45) is 5.92 Å². The molecule has 1 N–H and O–H groups in total. The highest BCUT2D eigenvalue weighted by molar-refractivity contribution is 5.79. The zero-order valence-electron chi connectivity index (χ0n) is 12.1. The number of aliphatic hydroxyl groups is 1. The summed E-state index contributed by atoms with van der Waals surface area (Å²) in [5.41, 5.74) is 0. The van der Waals surface area contributed by atoms with E-state index in [1.807, 2.05) is 0 Å². The molecule has 2 aliphatic rings. The molecule has 1 amide bonds. The Balaban J connectivity index is 1.94. The number of rotatable bonds is 3. The Kier molecular flexibility index (Phi) is 6.15. The third kappa shape index (κ3) is 4.20. The van der Waals surface area contributed by atoms with E-state index in [9.17, 15) is 9.90 Å². The van der Waals surface area contributed by atoms with Crippen LogP contribution in [0.2, 0.25) is 0 Å². The zero-order valence-corrected chi connectivity index (χ0v) is 12.1. The predicted octanol–water partition coefficient (Wildman–Crippen LogP) is 3.11. The summed E-state index contributed by atoms with van der Waals surface area (Å²) in [5.74, 6) is 0.652. The van der Waals surface area contributed by atoms with Crippen molar-refractivity contribution in [3.8, 4) is 0 Å². The van der Waals surface area contributed by atoms with Crippen LogP contribution in [-0.2, 0) is 4.79 Å². The van der Waals surface area contributed by atoms with Gasteiger partial charge < -0.3 is 10.0 Å². The van der Waals surface area contributed by atoms with Gasteiger partial charge in [-0.15, -0.1) is 0 Å². The molecule has 1 saturated heterocycles. The highest BCUT2D eigenvalue weighted by Crippen LogP contribution is 2.28. The maximum atomic E-state index is 12.7. The van der Waals surface area contributed by atoms with Gasteiger partial charge in [-0.1, -0.05) is 32.1 Å². The zero-order chi connectivity index (χ0) is 13.5. The van der Waals surface area contributed by atoms with Gasteiger partial charge in [0, 0.05) is 25.1 Å². The Bertz CT molecular complexity index is 270. The lowest BCUT2D eigenvalue weighted by atomic mass is 9.88. The fraction of sp³-hybridized carbons (Fsp3) is 0.938. The fourth-order valence-corrected chi connectivity index (χ4v) is 3.68. The van der Waals surface area contributed by atoms with E-state index in [4.69, 9.17) is 0 Å². The van der Waals surface area contributed by atoms with Crippen LogP contribution in [-0.4, -0.2) is 35.1 Å². The SMILES string of the molecule is O=C(C1CCCCCCC1)N1CCCCC1CCO. The molecule has 1 aliphatic carbocycles. The van der Waals surface area contributed by atoms with Crippen LogP contribution in [0.15, 0.2) is 0 Å². The first-order valence-electron chi connectivity index (χ1n) is 8.24. The molecule has 1 atom stereocenters. The molecule has 3 heteroatoms. The minimum Gasteiger partial charge on any atom is -0.396 e. The number of piperidine rings is 1. The second-order valence-electron chi connectivity index (χ2n) is 6.24. The lowest BCUT2D eigenvalue weighted by Crippen LogP contribution is -2.47. The van der Waals surface area contributed by atoms with Crippen molar-refractivity contribution in [1.29, 1.82) is 0 Å². The topological polar surface area (TPSA) is 40.5 Å². The molecular weight excluding hydrogens is 238 g/mol. The first-order chi connectivity index (χ1) is 9.33. The summed E-state index contributed by atoms with van der Waals surface area (Å²) in [6, 6.07) is 0.302. The normalized spacial score (nSPS) is 26.8. The average molecular weight is 267 g/mol. The van der Waals surface area contributed by atoms with Gasteiger partial charge in [-0.25, -0.2) is 0 Å². The summed E-state index contributed by atoms with van der Waals surface area (Å²) in [6.07, 6.45) is 12.7. The Hall–Kier alpha value is -0.570. The van der Waals surface area contributed by atoms with Gasteiger partial charge in [0.05, 0.1) is 0 Å². The van der Waals surface area contributed by atoms with Crippen molar-refractivity contribution >= 4 is 5.91 Å². The first kappa shape index (κ1) is 14.8. The van der Waals surface area contributed by atoms with Crippen LogP contribution in [0, 0.1) is 5.92 Å². The average Bonchev–Trinajstić information content (AvgIpc) is 2.39. The van der Waals surface area contributed by atoms with E-state index >= 15 is 0 Å². The molecule has 3 nitrogen and oxygen atoms in total. The molecule has 2 rings (SSSR count). The molecular formula is C16H29NO2. The smallest absolute Gasteiger partial charge is 0.225 e. The van der Waals surface area contributed by atoms with Gasteiger partial charge in [-0.05, 0) is 38.5 Å². The van der Waals surface area contributed by atoms with Crippen LogP contribution in [0.1, 0.15) is 70.6 Å². The molecule has 1 heterocycles. The molecule has 0 spiro atoms. The van der Waals surface area contributed by atoms with Gasteiger partial charge in [0.25, 0.3) is 0 Å². The molecule has 19 heavy (non-hydrogen) atoms. The monoisotopic (exact) mass is 267 g/mol. The van der Waals surface area contributed by atoms with E-state index in [0.717, 1.165) is 38.6 Å². The quantitative estimate of drug-likeness (QED) is 0.853. The number of hydrogen-bond donors (Lipinski definition) is 1. The minimum atomic E-state index is 0.207. The summed E-state index contributed by atoms with van der Waals surface area (Å²) >= 11 is 0. The van der Waals surface area contributed by atoms with Gasteiger partial charge in [0.2, 0.25) is 5.91 Å². The summed E-state index contributed by atoms with van der Waals surface area (Å²) in [4.78, 5) is 14.9. The van der Waals surface area contributed by atoms with Gasteiger partial charge in [0.1, 0.15) is 0 Å². The van der Waals surface area contributed by atoms with Crippen LogP contribution < -0.4 is 0 Å². The number of carbonyl (C=O) groups is 1. The molecule has 0 bridgehead atoms. The van der Waals surface area contributed by atoms with Crippen molar-refractivity contribution in [2.45, 2.75) is 76.7 Å². The van der Waals surface area contributed by atoms with Crippen molar-refractivity contribution in [1.82, 2.24) is 4.90 Å². The summed E-state index contributed by atoms with van der Waals surface area (Å²) in [5, 5.41) is 9.17. The highest BCUT2D eigenvalue weighted by Gasteiger charge is 2.30. The van der Waals surface area contributed by atoms with Crippen LogP contribution >= 0.6 is 0 Å². The van der Waals surface area contributed by atoms with Crippen LogP contribution in [0.25, 0.3) is 0 Å².